The van der Waals surface area contributed by atoms with E-state index >= 15 is 0 Å². The van der Waals surface area contributed by atoms with Crippen LogP contribution in [0.1, 0.15) is 46.5 Å². The number of aliphatic hydroxyl groups is 1. The van der Waals surface area contributed by atoms with Crippen LogP contribution >= 0.6 is 12.6 Å². The van der Waals surface area contributed by atoms with Gasteiger partial charge in [-0.25, -0.2) is 0 Å². The summed E-state index contributed by atoms with van der Waals surface area (Å²) >= 11 is 3.52. The second kappa shape index (κ2) is 10.9. The summed E-state index contributed by atoms with van der Waals surface area (Å²) in [5.41, 5.74) is -0.472. The van der Waals surface area contributed by atoms with Crippen molar-refractivity contribution in [1.82, 2.24) is 0 Å². The average molecular weight is 222 g/mol. The lowest BCUT2D eigenvalue weighted by molar-refractivity contribution is -0.137. The van der Waals surface area contributed by atoms with E-state index in [1.54, 1.807) is 6.92 Å². The second-order valence-electron chi connectivity index (χ2n) is 3.67. The van der Waals surface area contributed by atoms with Crippen LogP contribution in [0.25, 0.3) is 0 Å². The summed E-state index contributed by atoms with van der Waals surface area (Å²) < 4.78 is 0. The zero-order valence-corrected chi connectivity index (χ0v) is 10.1. The Morgan fingerprint density at radius 1 is 1.29 bits per heavy atom. The monoisotopic (exact) mass is 222 g/mol. The maximum atomic E-state index is 10.0. The molecule has 0 saturated heterocycles. The molecular weight excluding hydrogens is 200 g/mol. The van der Waals surface area contributed by atoms with E-state index < -0.39 is 11.4 Å². The normalized spacial score (nSPS) is 11.9. The molecule has 0 amide bonds. The fourth-order valence-corrected chi connectivity index (χ4v) is 0.829. The van der Waals surface area contributed by atoms with Gasteiger partial charge in [0.25, 0.3) is 0 Å². The van der Waals surface area contributed by atoms with Gasteiger partial charge < -0.3 is 10.2 Å². The van der Waals surface area contributed by atoms with Crippen molar-refractivity contribution in [1.29, 1.82) is 0 Å². The molecular formula is C10H22O3S. The van der Waals surface area contributed by atoms with E-state index in [2.05, 4.69) is 26.5 Å². The highest BCUT2D eigenvalue weighted by Crippen LogP contribution is 2.07. The van der Waals surface area contributed by atoms with Gasteiger partial charge in [-0.3, -0.25) is 4.79 Å². The third-order valence-electron chi connectivity index (χ3n) is 1.42. The Morgan fingerprint density at radius 3 is 2.00 bits per heavy atom. The highest BCUT2D eigenvalue weighted by atomic mass is 32.1. The predicted octanol–water partition coefficient (Wildman–Crippen LogP) is 2.54. The number of hydrogen-bond acceptors (Lipinski definition) is 3. The summed E-state index contributed by atoms with van der Waals surface area (Å²) in [6.07, 6.45) is 3.34. The zero-order valence-electron chi connectivity index (χ0n) is 9.23. The molecule has 0 aliphatic rings. The first kappa shape index (κ1) is 16.2. The summed E-state index contributed by atoms with van der Waals surface area (Å²) in [4.78, 5) is 10.0. The number of thiol groups is 1. The Balaban J connectivity index is 0. The fourth-order valence-electron chi connectivity index (χ4n) is 0.829. The molecule has 0 bridgehead atoms. The molecule has 0 radical (unpaired) electrons. The molecule has 1 unspecified atom stereocenters. The summed E-state index contributed by atoms with van der Waals surface area (Å²) in [6, 6.07) is 0. The number of carboxylic acid groups (broad SMARTS) is 1. The van der Waals surface area contributed by atoms with Gasteiger partial charge in [-0.1, -0.05) is 26.7 Å². The van der Waals surface area contributed by atoms with E-state index in [9.17, 15) is 4.79 Å². The SMILES string of the molecule is CC(C)CCCCC(=O)O.CC(O)S. The molecule has 0 heterocycles. The lowest BCUT2D eigenvalue weighted by Gasteiger charge is -2.01. The predicted molar refractivity (Wildman–Crippen MR) is 61.6 cm³/mol. The Hall–Kier alpha value is -0.220. The topological polar surface area (TPSA) is 57.5 Å². The first-order chi connectivity index (χ1) is 6.36. The Kier molecular flexibility index (Phi) is 12.6. The molecule has 0 aromatic heterocycles. The Bertz CT molecular complexity index is 133. The van der Waals surface area contributed by atoms with Gasteiger partial charge in [-0.2, -0.15) is 0 Å². The van der Waals surface area contributed by atoms with Crippen LogP contribution in [0, 0.1) is 5.92 Å². The van der Waals surface area contributed by atoms with Gasteiger partial charge >= 0.3 is 5.97 Å². The molecule has 0 rings (SSSR count). The van der Waals surface area contributed by atoms with Crippen LogP contribution in [0.15, 0.2) is 0 Å². The standard InChI is InChI=1S/C8H16O2.C2H6OS/c1-7(2)5-3-4-6-8(9)10;1-2(3)4/h7H,3-6H2,1-2H3,(H,9,10);2-4H,1H3. The van der Waals surface area contributed by atoms with Gasteiger partial charge in [0.05, 0.1) is 5.44 Å². The van der Waals surface area contributed by atoms with Gasteiger partial charge in [0.15, 0.2) is 0 Å². The van der Waals surface area contributed by atoms with Gasteiger partial charge in [0.1, 0.15) is 0 Å². The van der Waals surface area contributed by atoms with E-state index in [4.69, 9.17) is 10.2 Å². The van der Waals surface area contributed by atoms with Crippen LogP contribution in [-0.2, 0) is 4.79 Å². The van der Waals surface area contributed by atoms with Crippen molar-refractivity contribution in [2.24, 2.45) is 5.92 Å². The highest BCUT2D eigenvalue weighted by Gasteiger charge is 1.97. The average Bonchev–Trinajstić information content (AvgIpc) is 1.96. The van der Waals surface area contributed by atoms with Crippen molar-refractivity contribution in [2.45, 2.75) is 51.9 Å². The number of carbonyl (C=O) groups is 1. The minimum Gasteiger partial charge on any atom is -0.481 e. The van der Waals surface area contributed by atoms with Crippen molar-refractivity contribution in [3.05, 3.63) is 0 Å². The van der Waals surface area contributed by atoms with Crippen molar-refractivity contribution in [2.75, 3.05) is 0 Å². The fraction of sp³-hybridized carbons (Fsp3) is 0.900. The van der Waals surface area contributed by atoms with Crippen LogP contribution in [0.4, 0.5) is 0 Å². The van der Waals surface area contributed by atoms with Gasteiger partial charge in [0.2, 0.25) is 0 Å². The Labute approximate surface area is 91.9 Å². The van der Waals surface area contributed by atoms with E-state index in [0.29, 0.717) is 12.3 Å². The lowest BCUT2D eigenvalue weighted by Crippen LogP contribution is -1.94. The number of hydrogen-bond donors (Lipinski definition) is 3. The molecule has 0 aromatic carbocycles. The quantitative estimate of drug-likeness (QED) is 0.380. The molecule has 0 aliphatic heterocycles. The van der Waals surface area contributed by atoms with E-state index in [1.807, 2.05) is 0 Å². The lowest BCUT2D eigenvalue weighted by atomic mass is 10.1. The molecule has 0 fully saturated rings. The van der Waals surface area contributed by atoms with Crippen molar-refractivity contribution < 1.29 is 15.0 Å². The largest absolute Gasteiger partial charge is 0.481 e. The zero-order chi connectivity index (χ0) is 11.6. The highest BCUT2D eigenvalue weighted by molar-refractivity contribution is 7.80. The smallest absolute Gasteiger partial charge is 0.303 e. The number of aliphatic hydroxyl groups excluding tert-OH is 1. The van der Waals surface area contributed by atoms with Crippen molar-refractivity contribution >= 4 is 18.6 Å². The minimum absolute atomic E-state index is 0.326. The van der Waals surface area contributed by atoms with E-state index in [0.717, 1.165) is 19.3 Å². The maximum absolute atomic E-state index is 10.0. The molecule has 14 heavy (non-hydrogen) atoms. The summed E-state index contributed by atoms with van der Waals surface area (Å²) in [7, 11) is 0. The van der Waals surface area contributed by atoms with Crippen LogP contribution in [0.5, 0.6) is 0 Å². The van der Waals surface area contributed by atoms with Crippen LogP contribution in [0.2, 0.25) is 0 Å². The maximum Gasteiger partial charge on any atom is 0.303 e. The van der Waals surface area contributed by atoms with Crippen molar-refractivity contribution in [3.8, 4) is 0 Å². The summed E-state index contributed by atoms with van der Waals surface area (Å²) in [5, 5.41) is 16.2. The molecule has 0 aromatic rings. The summed E-state index contributed by atoms with van der Waals surface area (Å²) in [5.74, 6) is 0.0255. The van der Waals surface area contributed by atoms with E-state index in [1.165, 1.54) is 0 Å². The first-order valence-electron chi connectivity index (χ1n) is 4.94. The van der Waals surface area contributed by atoms with Crippen molar-refractivity contribution in [3.63, 3.8) is 0 Å². The van der Waals surface area contributed by atoms with Gasteiger partial charge in [-0.15, -0.1) is 12.6 Å². The van der Waals surface area contributed by atoms with Crippen LogP contribution < -0.4 is 0 Å². The number of rotatable bonds is 5. The second-order valence-corrected chi connectivity index (χ2v) is 4.41. The molecule has 86 valence electrons. The number of carboxylic acids is 1. The van der Waals surface area contributed by atoms with Gasteiger partial charge in [0, 0.05) is 6.42 Å². The third kappa shape index (κ3) is 29.8. The van der Waals surface area contributed by atoms with Crippen LogP contribution in [-0.4, -0.2) is 21.6 Å². The van der Waals surface area contributed by atoms with Gasteiger partial charge in [-0.05, 0) is 19.3 Å². The third-order valence-corrected chi connectivity index (χ3v) is 1.42. The minimum atomic E-state index is -0.677. The number of unbranched alkanes of at least 4 members (excludes halogenated alkanes) is 1. The summed E-state index contributed by atoms with van der Waals surface area (Å²) in [6.45, 7) is 5.89. The molecule has 0 saturated carbocycles. The van der Waals surface area contributed by atoms with E-state index in [-0.39, 0.29) is 0 Å². The first-order valence-corrected chi connectivity index (χ1v) is 5.45. The molecule has 0 spiro atoms. The molecule has 4 heteroatoms. The molecule has 1 atom stereocenters. The molecule has 3 nitrogen and oxygen atoms in total. The molecule has 2 N–H and O–H groups in total. The number of aliphatic carboxylic acids is 1. The Morgan fingerprint density at radius 2 is 1.71 bits per heavy atom. The van der Waals surface area contributed by atoms with Crippen LogP contribution in [0.3, 0.4) is 0 Å². The molecule has 0 aliphatic carbocycles.